The molecule has 0 aliphatic carbocycles. The van der Waals surface area contributed by atoms with Gasteiger partial charge in [0.1, 0.15) is 0 Å². The van der Waals surface area contributed by atoms with Crippen LogP contribution in [0.5, 0.6) is 0 Å². The summed E-state index contributed by atoms with van der Waals surface area (Å²) < 4.78 is 0. The molecule has 0 saturated heterocycles. The average Bonchev–Trinajstić information content (AvgIpc) is 1.84. The van der Waals surface area contributed by atoms with Crippen molar-refractivity contribution in [3.05, 3.63) is 0 Å². The Labute approximate surface area is 75.7 Å². The van der Waals surface area contributed by atoms with Gasteiger partial charge in [-0.15, -0.1) is 0 Å². The average molecular weight is 171 g/mol. The van der Waals surface area contributed by atoms with Gasteiger partial charge in [-0.05, 0) is 26.2 Å². The Kier molecular flexibility index (Phi) is 5.77. The van der Waals surface area contributed by atoms with Crippen molar-refractivity contribution in [1.82, 2.24) is 5.32 Å². The van der Waals surface area contributed by atoms with Crippen molar-refractivity contribution in [2.24, 2.45) is 5.92 Å². The first kappa shape index (κ1) is 11.5. The largest absolute Gasteiger partial charge is 0.354 e. The van der Waals surface area contributed by atoms with Gasteiger partial charge < -0.3 is 5.32 Å². The number of nitrogens with one attached hydrogen (secondary N) is 1. The monoisotopic (exact) mass is 171 g/mol. The Balaban J connectivity index is 3.32. The van der Waals surface area contributed by atoms with Crippen molar-refractivity contribution < 1.29 is 4.79 Å². The van der Waals surface area contributed by atoms with Crippen molar-refractivity contribution in [3.63, 3.8) is 0 Å². The maximum absolute atomic E-state index is 11.1. The maximum atomic E-state index is 11.1. The van der Waals surface area contributed by atoms with Gasteiger partial charge in [0, 0.05) is 12.5 Å². The zero-order valence-electron chi connectivity index (χ0n) is 8.68. The lowest BCUT2D eigenvalue weighted by Crippen LogP contribution is -2.29. The highest BCUT2D eigenvalue weighted by Gasteiger charge is 2.02. The molecule has 72 valence electrons. The second-order valence-electron chi connectivity index (χ2n) is 4.01. The normalized spacial score (nSPS) is 10.8. The van der Waals surface area contributed by atoms with Crippen LogP contribution in [0.1, 0.15) is 47.0 Å². The molecular weight excluding hydrogens is 150 g/mol. The minimum absolute atomic E-state index is 0.186. The van der Waals surface area contributed by atoms with Crippen molar-refractivity contribution in [3.8, 4) is 0 Å². The molecule has 1 N–H and O–H groups in total. The van der Waals surface area contributed by atoms with E-state index in [4.69, 9.17) is 0 Å². The molecule has 0 radical (unpaired) electrons. The molecule has 0 rings (SSSR count). The summed E-state index contributed by atoms with van der Waals surface area (Å²) >= 11 is 0. The first-order chi connectivity index (χ1) is 5.52. The molecule has 2 heteroatoms. The van der Waals surface area contributed by atoms with E-state index < -0.39 is 0 Å². The van der Waals surface area contributed by atoms with Crippen LogP contribution < -0.4 is 5.32 Å². The fraction of sp³-hybridized carbons (Fsp3) is 0.900. The summed E-state index contributed by atoms with van der Waals surface area (Å²) in [5, 5.41) is 2.88. The van der Waals surface area contributed by atoms with Crippen molar-refractivity contribution in [2.75, 3.05) is 0 Å². The van der Waals surface area contributed by atoms with E-state index in [0.29, 0.717) is 12.3 Å². The third-order valence-corrected chi connectivity index (χ3v) is 1.63. The van der Waals surface area contributed by atoms with E-state index in [1.807, 2.05) is 13.8 Å². The molecule has 0 unspecified atom stereocenters. The molecule has 0 aliphatic heterocycles. The second-order valence-corrected chi connectivity index (χ2v) is 4.01. The summed E-state index contributed by atoms with van der Waals surface area (Å²) in [5.41, 5.74) is 0. The molecule has 0 spiro atoms. The zero-order chi connectivity index (χ0) is 9.56. The molecule has 0 saturated carbocycles. The molecule has 0 heterocycles. The predicted octanol–water partition coefficient (Wildman–Crippen LogP) is 2.34. The highest BCUT2D eigenvalue weighted by molar-refractivity contribution is 5.76. The first-order valence-corrected chi connectivity index (χ1v) is 4.81. The Bertz CT molecular complexity index is 130. The summed E-state index contributed by atoms with van der Waals surface area (Å²) in [6.07, 6.45) is 2.83. The molecule has 0 bridgehead atoms. The van der Waals surface area contributed by atoms with E-state index in [1.54, 1.807) is 0 Å². The van der Waals surface area contributed by atoms with Gasteiger partial charge in [-0.3, -0.25) is 4.79 Å². The Morgan fingerprint density at radius 1 is 1.25 bits per heavy atom. The summed E-state index contributed by atoms with van der Waals surface area (Å²) in [7, 11) is 0. The molecule has 0 aliphatic rings. The third-order valence-electron chi connectivity index (χ3n) is 1.63. The maximum Gasteiger partial charge on any atom is 0.220 e. The van der Waals surface area contributed by atoms with Crippen LogP contribution in [0.25, 0.3) is 0 Å². The summed E-state index contributed by atoms with van der Waals surface area (Å²) in [6.45, 7) is 8.33. The highest BCUT2D eigenvalue weighted by atomic mass is 16.1. The lowest BCUT2D eigenvalue weighted by atomic mass is 10.1. The number of hydrogen-bond donors (Lipinski definition) is 1. The third kappa shape index (κ3) is 7.58. The molecule has 0 fully saturated rings. The quantitative estimate of drug-likeness (QED) is 0.676. The number of carbonyl (C=O) groups is 1. The highest BCUT2D eigenvalue weighted by Crippen LogP contribution is 2.05. The van der Waals surface area contributed by atoms with Gasteiger partial charge in [-0.25, -0.2) is 0 Å². The fourth-order valence-electron chi connectivity index (χ4n) is 1.07. The summed E-state index contributed by atoms with van der Waals surface area (Å²) in [5.74, 6) is 0.891. The number of rotatable bonds is 5. The van der Waals surface area contributed by atoms with Gasteiger partial charge >= 0.3 is 0 Å². The minimum atomic E-state index is 0.186. The number of hydrogen-bond acceptors (Lipinski definition) is 1. The van der Waals surface area contributed by atoms with Crippen LogP contribution in [0, 0.1) is 5.92 Å². The van der Waals surface area contributed by atoms with Crippen LogP contribution in [0.2, 0.25) is 0 Å². The Morgan fingerprint density at radius 2 is 1.83 bits per heavy atom. The Morgan fingerprint density at radius 3 is 2.25 bits per heavy atom. The van der Waals surface area contributed by atoms with Crippen LogP contribution >= 0.6 is 0 Å². The molecule has 2 nitrogen and oxygen atoms in total. The van der Waals surface area contributed by atoms with Gasteiger partial charge in [0.25, 0.3) is 0 Å². The van der Waals surface area contributed by atoms with Crippen LogP contribution in [0.15, 0.2) is 0 Å². The van der Waals surface area contributed by atoms with Gasteiger partial charge in [-0.2, -0.15) is 0 Å². The predicted molar refractivity (Wildman–Crippen MR) is 52.0 cm³/mol. The fourth-order valence-corrected chi connectivity index (χ4v) is 1.07. The molecule has 12 heavy (non-hydrogen) atoms. The lowest BCUT2D eigenvalue weighted by molar-refractivity contribution is -0.121. The molecule has 0 atom stereocenters. The van der Waals surface area contributed by atoms with E-state index >= 15 is 0 Å². The van der Waals surface area contributed by atoms with Crippen LogP contribution in [0.3, 0.4) is 0 Å². The van der Waals surface area contributed by atoms with E-state index in [2.05, 4.69) is 19.2 Å². The van der Waals surface area contributed by atoms with Crippen molar-refractivity contribution in [2.45, 2.75) is 53.0 Å². The first-order valence-electron chi connectivity index (χ1n) is 4.81. The standard InChI is InChI=1S/C10H21NO/c1-8(2)6-5-7-10(12)11-9(3)4/h8-9H,5-7H2,1-4H3,(H,11,12). The lowest BCUT2D eigenvalue weighted by Gasteiger charge is -2.08. The van der Waals surface area contributed by atoms with Crippen molar-refractivity contribution >= 4 is 5.91 Å². The van der Waals surface area contributed by atoms with Crippen LogP contribution in [-0.2, 0) is 4.79 Å². The van der Waals surface area contributed by atoms with E-state index in [0.717, 1.165) is 12.8 Å². The van der Waals surface area contributed by atoms with E-state index in [1.165, 1.54) is 0 Å². The molecule has 0 aromatic carbocycles. The number of amides is 1. The minimum Gasteiger partial charge on any atom is -0.354 e. The number of carbonyl (C=O) groups excluding carboxylic acids is 1. The molecular formula is C10H21NO. The van der Waals surface area contributed by atoms with Gasteiger partial charge in [-0.1, -0.05) is 20.3 Å². The smallest absolute Gasteiger partial charge is 0.220 e. The molecule has 0 aromatic rings. The zero-order valence-corrected chi connectivity index (χ0v) is 8.68. The SMILES string of the molecule is CC(C)CCCC(=O)NC(C)C. The van der Waals surface area contributed by atoms with Crippen LogP contribution in [0.4, 0.5) is 0 Å². The summed E-state index contributed by atoms with van der Waals surface area (Å²) in [4.78, 5) is 11.1. The van der Waals surface area contributed by atoms with Gasteiger partial charge in [0.15, 0.2) is 0 Å². The second kappa shape index (κ2) is 6.04. The van der Waals surface area contributed by atoms with Crippen LogP contribution in [-0.4, -0.2) is 11.9 Å². The molecule has 0 aromatic heterocycles. The Hall–Kier alpha value is -0.530. The van der Waals surface area contributed by atoms with E-state index in [-0.39, 0.29) is 11.9 Å². The summed E-state index contributed by atoms with van der Waals surface area (Å²) in [6, 6.07) is 0.275. The molecule has 1 amide bonds. The van der Waals surface area contributed by atoms with Crippen molar-refractivity contribution in [1.29, 1.82) is 0 Å². The van der Waals surface area contributed by atoms with Gasteiger partial charge in [0.05, 0.1) is 0 Å². The topological polar surface area (TPSA) is 29.1 Å². The van der Waals surface area contributed by atoms with E-state index in [9.17, 15) is 4.79 Å². The van der Waals surface area contributed by atoms with Gasteiger partial charge in [0.2, 0.25) is 5.91 Å².